The maximum absolute atomic E-state index is 13.3. The minimum atomic E-state index is -0.285. The summed E-state index contributed by atoms with van der Waals surface area (Å²) < 4.78 is 2.11. The van der Waals surface area contributed by atoms with Crippen molar-refractivity contribution in [1.82, 2.24) is 24.8 Å². The van der Waals surface area contributed by atoms with Crippen molar-refractivity contribution in [2.75, 3.05) is 18.4 Å². The topological polar surface area (TPSA) is 95.1 Å². The zero-order valence-electron chi connectivity index (χ0n) is 21.8. The van der Waals surface area contributed by atoms with Crippen LogP contribution in [0.1, 0.15) is 54.7 Å². The molecule has 2 fully saturated rings. The summed E-state index contributed by atoms with van der Waals surface area (Å²) in [6.45, 7) is 3.08. The molecule has 3 heterocycles. The van der Waals surface area contributed by atoms with Gasteiger partial charge in [0, 0.05) is 52.5 Å². The highest BCUT2D eigenvalue weighted by molar-refractivity contribution is 6.35. The quantitative estimate of drug-likeness (QED) is 0.285. The lowest BCUT2D eigenvalue weighted by molar-refractivity contribution is -0.121. The predicted molar refractivity (Wildman–Crippen MR) is 153 cm³/mol. The van der Waals surface area contributed by atoms with E-state index in [9.17, 15) is 9.59 Å². The number of benzene rings is 2. The van der Waals surface area contributed by atoms with Gasteiger partial charge >= 0.3 is 0 Å². The number of amides is 2. The van der Waals surface area contributed by atoms with Crippen molar-refractivity contribution in [3.63, 3.8) is 0 Å². The van der Waals surface area contributed by atoms with Gasteiger partial charge in [0.25, 0.3) is 5.91 Å². The minimum absolute atomic E-state index is 0.0586. The Balaban J connectivity index is 1.10. The van der Waals surface area contributed by atoms with Crippen LogP contribution in [0.4, 0.5) is 5.69 Å². The molecule has 8 nitrogen and oxygen atoms in total. The molecule has 2 aliphatic rings. The second-order valence-electron chi connectivity index (χ2n) is 10.6. The van der Waals surface area contributed by atoms with Crippen LogP contribution in [0.2, 0.25) is 5.02 Å². The number of imidazole rings is 1. The van der Waals surface area contributed by atoms with Crippen LogP contribution in [0.25, 0.3) is 16.6 Å². The van der Waals surface area contributed by atoms with Crippen LogP contribution >= 0.6 is 11.6 Å². The highest BCUT2D eigenvalue weighted by atomic mass is 35.5. The van der Waals surface area contributed by atoms with E-state index in [1.54, 1.807) is 18.3 Å². The molecule has 1 aliphatic heterocycles. The van der Waals surface area contributed by atoms with E-state index < -0.39 is 0 Å². The molecule has 2 atom stereocenters. The molecule has 1 saturated carbocycles. The lowest BCUT2D eigenvalue weighted by Gasteiger charge is -2.31. The van der Waals surface area contributed by atoms with Crippen LogP contribution < -0.4 is 10.6 Å². The van der Waals surface area contributed by atoms with E-state index in [2.05, 4.69) is 30.1 Å². The molecule has 3 N–H and O–H groups in total. The molecule has 0 spiro atoms. The molecule has 2 aromatic heterocycles. The SMILES string of the molecule is O=C(N[C@@H]1CCCC[C@@H]1C(=O)Nc1ccc(-n2ccnc2CN2CCCC2)cc1)c1ccc2c(Cl)c[nH]c2c1. The number of aromatic amines is 1. The summed E-state index contributed by atoms with van der Waals surface area (Å²) in [5, 5.41) is 7.72. The first-order valence-electron chi connectivity index (χ1n) is 13.8. The summed E-state index contributed by atoms with van der Waals surface area (Å²) in [7, 11) is 0. The third-order valence-corrected chi connectivity index (χ3v) is 8.32. The van der Waals surface area contributed by atoms with Crippen molar-refractivity contribution < 1.29 is 9.59 Å². The average Bonchev–Trinajstić information content (AvgIpc) is 3.72. The Hall–Kier alpha value is -3.62. The fourth-order valence-corrected chi connectivity index (χ4v) is 6.09. The van der Waals surface area contributed by atoms with Gasteiger partial charge in [0.15, 0.2) is 0 Å². The summed E-state index contributed by atoms with van der Waals surface area (Å²) in [5.74, 6) is 0.498. The standard InChI is InChI=1S/C30H33ClN6O2/c31-25-18-33-27-17-20(7-12-23(25)27)29(38)35-26-6-2-1-5-24(26)30(39)34-21-8-10-22(11-9-21)37-16-13-32-28(37)19-36-14-3-4-15-36/h7-13,16-18,24,26,33H,1-6,14-15,19H2,(H,34,39)(H,35,38)/t24-,26+/m0/s1. The number of hydrogen-bond donors (Lipinski definition) is 3. The normalized spacial score (nSPS) is 19.8. The summed E-state index contributed by atoms with van der Waals surface area (Å²) in [6, 6.07) is 13.1. The van der Waals surface area contributed by atoms with Crippen LogP contribution in [0.15, 0.2) is 61.1 Å². The number of carbonyl (C=O) groups excluding carboxylic acids is 2. The molecule has 0 radical (unpaired) electrons. The second kappa shape index (κ2) is 11.2. The number of nitrogens with one attached hydrogen (secondary N) is 3. The first-order valence-corrected chi connectivity index (χ1v) is 14.2. The average molecular weight is 545 g/mol. The highest BCUT2D eigenvalue weighted by Crippen LogP contribution is 2.28. The van der Waals surface area contributed by atoms with E-state index in [-0.39, 0.29) is 23.8 Å². The molecule has 0 unspecified atom stereocenters. The van der Waals surface area contributed by atoms with Gasteiger partial charge in [-0.3, -0.25) is 14.5 Å². The summed E-state index contributed by atoms with van der Waals surface area (Å²) in [5.41, 5.74) is 3.12. The molecule has 1 aliphatic carbocycles. The number of halogens is 1. The minimum Gasteiger partial charge on any atom is -0.360 e. The fraction of sp³-hybridized carbons (Fsp3) is 0.367. The molecule has 202 valence electrons. The summed E-state index contributed by atoms with van der Waals surface area (Å²) in [6.07, 6.45) is 11.5. The van der Waals surface area contributed by atoms with Gasteiger partial charge in [0.05, 0.1) is 17.5 Å². The molecule has 2 amide bonds. The first kappa shape index (κ1) is 25.6. The number of fused-ring (bicyclic) bond motifs is 1. The Bertz CT molecular complexity index is 1470. The Morgan fingerprint density at radius 2 is 1.82 bits per heavy atom. The molecular weight excluding hydrogens is 512 g/mol. The van der Waals surface area contributed by atoms with Crippen LogP contribution in [-0.2, 0) is 11.3 Å². The Labute approximate surface area is 232 Å². The molecule has 1 saturated heterocycles. The fourth-order valence-electron chi connectivity index (χ4n) is 5.87. The molecule has 4 aromatic rings. The van der Waals surface area contributed by atoms with Gasteiger partial charge < -0.3 is 20.2 Å². The van der Waals surface area contributed by atoms with Gasteiger partial charge in [0.2, 0.25) is 5.91 Å². The zero-order valence-corrected chi connectivity index (χ0v) is 22.6. The predicted octanol–water partition coefficient (Wildman–Crippen LogP) is 5.53. The number of anilines is 1. The van der Waals surface area contributed by atoms with E-state index in [4.69, 9.17) is 11.6 Å². The van der Waals surface area contributed by atoms with Gasteiger partial charge in [-0.15, -0.1) is 0 Å². The maximum atomic E-state index is 13.3. The van der Waals surface area contributed by atoms with Crippen LogP contribution in [0, 0.1) is 5.92 Å². The van der Waals surface area contributed by atoms with E-state index in [0.29, 0.717) is 10.6 Å². The number of carbonyl (C=O) groups is 2. The zero-order chi connectivity index (χ0) is 26.8. The smallest absolute Gasteiger partial charge is 0.251 e. The van der Waals surface area contributed by atoms with Crippen molar-refractivity contribution in [3.05, 3.63) is 77.5 Å². The van der Waals surface area contributed by atoms with E-state index in [1.807, 2.05) is 42.7 Å². The largest absolute Gasteiger partial charge is 0.360 e. The number of rotatable bonds is 7. The van der Waals surface area contributed by atoms with Crippen molar-refractivity contribution >= 4 is 40.0 Å². The van der Waals surface area contributed by atoms with E-state index >= 15 is 0 Å². The third-order valence-electron chi connectivity index (χ3n) is 8.01. The van der Waals surface area contributed by atoms with Gasteiger partial charge in [-0.05, 0) is 75.2 Å². The third kappa shape index (κ3) is 5.58. The Morgan fingerprint density at radius 1 is 1.03 bits per heavy atom. The number of likely N-dealkylation sites (tertiary alicyclic amines) is 1. The second-order valence-corrected chi connectivity index (χ2v) is 11.0. The molecule has 39 heavy (non-hydrogen) atoms. The first-order chi connectivity index (χ1) is 19.0. The Morgan fingerprint density at radius 3 is 2.64 bits per heavy atom. The van der Waals surface area contributed by atoms with Crippen LogP contribution in [0.5, 0.6) is 0 Å². The van der Waals surface area contributed by atoms with Crippen molar-refractivity contribution in [2.45, 2.75) is 51.1 Å². The van der Waals surface area contributed by atoms with Crippen molar-refractivity contribution in [1.29, 1.82) is 0 Å². The summed E-state index contributed by atoms with van der Waals surface area (Å²) >= 11 is 6.17. The van der Waals surface area contributed by atoms with Gasteiger partial charge in [0.1, 0.15) is 5.82 Å². The number of hydrogen-bond acceptors (Lipinski definition) is 4. The van der Waals surface area contributed by atoms with E-state index in [0.717, 1.165) is 73.4 Å². The van der Waals surface area contributed by atoms with Crippen LogP contribution in [-0.4, -0.2) is 50.4 Å². The van der Waals surface area contributed by atoms with Crippen molar-refractivity contribution in [3.8, 4) is 5.69 Å². The lowest BCUT2D eigenvalue weighted by atomic mass is 9.83. The van der Waals surface area contributed by atoms with Gasteiger partial charge in [-0.1, -0.05) is 30.5 Å². The Kier molecular flexibility index (Phi) is 7.39. The molecule has 2 aromatic carbocycles. The number of aromatic nitrogens is 3. The van der Waals surface area contributed by atoms with Crippen LogP contribution in [0.3, 0.4) is 0 Å². The molecular formula is C30H33ClN6O2. The lowest BCUT2D eigenvalue weighted by Crippen LogP contribution is -2.46. The molecule has 0 bridgehead atoms. The van der Waals surface area contributed by atoms with Crippen molar-refractivity contribution in [2.24, 2.45) is 5.92 Å². The highest BCUT2D eigenvalue weighted by Gasteiger charge is 2.32. The summed E-state index contributed by atoms with van der Waals surface area (Å²) in [4.78, 5) is 36.5. The molecule has 6 rings (SSSR count). The van der Waals surface area contributed by atoms with Gasteiger partial charge in [-0.25, -0.2) is 4.98 Å². The molecule has 9 heteroatoms. The van der Waals surface area contributed by atoms with E-state index in [1.165, 1.54) is 12.8 Å². The number of H-pyrrole nitrogens is 1. The maximum Gasteiger partial charge on any atom is 0.251 e. The van der Waals surface area contributed by atoms with Gasteiger partial charge in [-0.2, -0.15) is 0 Å². The number of nitrogens with zero attached hydrogens (tertiary/aromatic N) is 3. The monoisotopic (exact) mass is 544 g/mol.